The van der Waals surface area contributed by atoms with Crippen molar-refractivity contribution in [2.75, 3.05) is 11.7 Å². The van der Waals surface area contributed by atoms with Crippen LogP contribution in [-0.4, -0.2) is 38.8 Å². The van der Waals surface area contributed by atoms with Crippen molar-refractivity contribution in [1.82, 2.24) is 14.8 Å². The lowest BCUT2D eigenvalue weighted by atomic mass is 10.1. The monoisotopic (exact) mass is 484 g/mol. The number of nitrogens with zero attached hydrogens (tertiary/aromatic N) is 4. The van der Waals surface area contributed by atoms with E-state index in [0.29, 0.717) is 22.5 Å². The molecule has 0 N–H and O–H groups in total. The first-order valence-electron chi connectivity index (χ1n) is 11.6. The Balaban J connectivity index is 1.35. The predicted octanol–water partition coefficient (Wildman–Crippen LogP) is 5.12. The molecule has 1 amide bonds. The van der Waals surface area contributed by atoms with Gasteiger partial charge in [0.25, 0.3) is 0 Å². The highest BCUT2D eigenvalue weighted by Gasteiger charge is 2.34. The minimum absolute atomic E-state index is 0.0692. The van der Waals surface area contributed by atoms with Gasteiger partial charge in [0.15, 0.2) is 22.5 Å². The molecule has 0 saturated carbocycles. The third-order valence-corrected chi connectivity index (χ3v) is 7.38. The first-order chi connectivity index (χ1) is 17.1. The molecule has 0 bridgehead atoms. The Morgan fingerprint density at radius 2 is 1.77 bits per heavy atom. The average molecular weight is 485 g/mol. The number of para-hydroxylation sites is 2. The van der Waals surface area contributed by atoms with Crippen molar-refractivity contribution in [3.05, 3.63) is 78.4 Å². The lowest BCUT2D eigenvalue weighted by Gasteiger charge is -2.25. The normalized spacial score (nSPS) is 16.9. The maximum atomic E-state index is 13.6. The number of carbonyl (C=O) groups is 1. The number of rotatable bonds is 5. The quantitative estimate of drug-likeness (QED) is 0.366. The molecule has 0 aliphatic carbocycles. The van der Waals surface area contributed by atoms with E-state index in [2.05, 4.69) is 23.2 Å². The standard InChI is InChI=1S/C27H24N4O3S/c1-17-14-19-8-6-7-11-22(19)30(17)26(32)18(2)35-27-29-28-25(31(27)21-9-4-3-5-10-21)20-12-13-23-24(15-20)34-16-33-23/h3-13,15,17-18H,14,16H2,1-2H3/t17-,18-/m1/s1. The minimum atomic E-state index is -0.347. The predicted molar refractivity (Wildman–Crippen MR) is 135 cm³/mol. The van der Waals surface area contributed by atoms with Crippen LogP contribution in [0.15, 0.2) is 78.0 Å². The molecule has 0 spiro atoms. The van der Waals surface area contributed by atoms with E-state index in [-0.39, 0.29) is 24.0 Å². The van der Waals surface area contributed by atoms with Crippen molar-refractivity contribution in [3.63, 3.8) is 0 Å². The zero-order valence-electron chi connectivity index (χ0n) is 19.4. The van der Waals surface area contributed by atoms with Gasteiger partial charge in [0.05, 0.1) is 5.25 Å². The number of hydrogen-bond donors (Lipinski definition) is 0. The molecule has 1 aromatic heterocycles. The van der Waals surface area contributed by atoms with Crippen LogP contribution >= 0.6 is 11.8 Å². The molecule has 35 heavy (non-hydrogen) atoms. The van der Waals surface area contributed by atoms with E-state index in [1.54, 1.807) is 0 Å². The summed E-state index contributed by atoms with van der Waals surface area (Å²) in [5.41, 5.74) is 4.00. The van der Waals surface area contributed by atoms with Crippen molar-refractivity contribution in [2.45, 2.75) is 36.7 Å². The highest BCUT2D eigenvalue weighted by Crippen LogP contribution is 2.38. The van der Waals surface area contributed by atoms with Crippen LogP contribution < -0.4 is 14.4 Å². The van der Waals surface area contributed by atoms with Crippen LogP contribution in [0.3, 0.4) is 0 Å². The Bertz CT molecular complexity index is 1400. The van der Waals surface area contributed by atoms with Crippen molar-refractivity contribution in [2.24, 2.45) is 0 Å². The highest BCUT2D eigenvalue weighted by molar-refractivity contribution is 8.00. The second-order valence-corrected chi connectivity index (χ2v) is 10.0. The number of hydrogen-bond acceptors (Lipinski definition) is 6. The van der Waals surface area contributed by atoms with Gasteiger partial charge in [-0.3, -0.25) is 9.36 Å². The van der Waals surface area contributed by atoms with Crippen molar-refractivity contribution in [3.8, 4) is 28.6 Å². The van der Waals surface area contributed by atoms with Crippen LogP contribution in [0.4, 0.5) is 5.69 Å². The zero-order chi connectivity index (χ0) is 23.9. The largest absolute Gasteiger partial charge is 0.454 e. The molecule has 0 saturated heterocycles. The summed E-state index contributed by atoms with van der Waals surface area (Å²) in [7, 11) is 0. The fourth-order valence-corrected chi connectivity index (χ4v) is 5.60. The second kappa shape index (κ2) is 8.78. The summed E-state index contributed by atoms with van der Waals surface area (Å²) in [5, 5.41) is 9.34. The van der Waals surface area contributed by atoms with E-state index < -0.39 is 0 Å². The summed E-state index contributed by atoms with van der Waals surface area (Å²) in [4.78, 5) is 15.5. The van der Waals surface area contributed by atoms with Crippen LogP contribution in [0.5, 0.6) is 11.5 Å². The van der Waals surface area contributed by atoms with E-state index in [1.807, 2.05) is 83.1 Å². The number of benzene rings is 3. The summed E-state index contributed by atoms with van der Waals surface area (Å²) < 4.78 is 13.0. The van der Waals surface area contributed by atoms with E-state index >= 15 is 0 Å². The van der Waals surface area contributed by atoms with Gasteiger partial charge in [-0.1, -0.05) is 48.2 Å². The number of thioether (sulfide) groups is 1. The zero-order valence-corrected chi connectivity index (χ0v) is 20.2. The molecule has 0 fully saturated rings. The van der Waals surface area contributed by atoms with Crippen LogP contribution in [0.2, 0.25) is 0 Å². The summed E-state index contributed by atoms with van der Waals surface area (Å²) in [6.07, 6.45) is 0.869. The molecule has 3 aromatic carbocycles. The van der Waals surface area contributed by atoms with Crippen LogP contribution in [-0.2, 0) is 11.2 Å². The smallest absolute Gasteiger partial charge is 0.240 e. The maximum Gasteiger partial charge on any atom is 0.240 e. The Morgan fingerprint density at radius 1 is 1.00 bits per heavy atom. The molecule has 0 radical (unpaired) electrons. The van der Waals surface area contributed by atoms with E-state index in [9.17, 15) is 4.79 Å². The first-order valence-corrected chi connectivity index (χ1v) is 12.5. The first kappa shape index (κ1) is 21.7. The SMILES string of the molecule is C[C@@H]1Cc2ccccc2N1C(=O)[C@@H](C)Sc1nnc(-c2ccc3c(c2)OCO3)n1-c1ccccc1. The van der Waals surface area contributed by atoms with Gasteiger partial charge in [0.1, 0.15) is 0 Å². The lowest BCUT2D eigenvalue weighted by Crippen LogP contribution is -2.40. The van der Waals surface area contributed by atoms with E-state index in [4.69, 9.17) is 9.47 Å². The summed E-state index contributed by atoms with van der Waals surface area (Å²) in [6, 6.07) is 23.9. The Kier molecular flexibility index (Phi) is 5.45. The molecular weight excluding hydrogens is 460 g/mol. The third kappa shape index (κ3) is 3.83. The van der Waals surface area contributed by atoms with Crippen molar-refractivity contribution in [1.29, 1.82) is 0 Å². The van der Waals surface area contributed by atoms with Gasteiger partial charge in [0, 0.05) is 23.0 Å². The Hall–Kier alpha value is -3.78. The fourth-order valence-electron chi connectivity index (χ4n) is 4.68. The van der Waals surface area contributed by atoms with Crippen LogP contribution in [0, 0.1) is 0 Å². The van der Waals surface area contributed by atoms with Crippen molar-refractivity contribution < 1.29 is 14.3 Å². The molecule has 4 aromatic rings. The molecule has 176 valence electrons. The molecule has 7 nitrogen and oxygen atoms in total. The van der Waals surface area contributed by atoms with Gasteiger partial charge in [-0.05, 0) is 62.2 Å². The average Bonchev–Trinajstić information content (AvgIpc) is 3.59. The Morgan fingerprint density at radius 3 is 2.63 bits per heavy atom. The summed E-state index contributed by atoms with van der Waals surface area (Å²) in [6.45, 7) is 4.24. The van der Waals surface area contributed by atoms with E-state index in [1.165, 1.54) is 17.3 Å². The number of amides is 1. The van der Waals surface area contributed by atoms with Crippen LogP contribution in [0.25, 0.3) is 17.1 Å². The minimum Gasteiger partial charge on any atom is -0.454 e. The third-order valence-electron chi connectivity index (χ3n) is 6.35. The molecule has 3 heterocycles. The van der Waals surface area contributed by atoms with Gasteiger partial charge in [0.2, 0.25) is 12.7 Å². The molecule has 2 aliphatic heterocycles. The summed E-state index contributed by atoms with van der Waals surface area (Å²) >= 11 is 1.42. The molecule has 2 atom stereocenters. The Labute approximate surface area is 207 Å². The second-order valence-electron chi connectivity index (χ2n) is 8.70. The summed E-state index contributed by atoms with van der Waals surface area (Å²) in [5.74, 6) is 2.15. The number of fused-ring (bicyclic) bond motifs is 2. The highest BCUT2D eigenvalue weighted by atomic mass is 32.2. The molecule has 6 rings (SSSR count). The van der Waals surface area contributed by atoms with Crippen molar-refractivity contribution >= 4 is 23.4 Å². The molecule has 0 unspecified atom stereocenters. The van der Waals surface area contributed by atoms with Gasteiger partial charge < -0.3 is 14.4 Å². The van der Waals surface area contributed by atoms with Gasteiger partial charge in [-0.2, -0.15) is 0 Å². The van der Waals surface area contributed by atoms with Gasteiger partial charge >= 0.3 is 0 Å². The number of ether oxygens (including phenoxy) is 2. The number of anilines is 1. The van der Waals surface area contributed by atoms with Crippen LogP contribution in [0.1, 0.15) is 19.4 Å². The number of aromatic nitrogens is 3. The maximum absolute atomic E-state index is 13.6. The molecule has 8 heteroatoms. The molecular formula is C27H24N4O3S. The lowest BCUT2D eigenvalue weighted by molar-refractivity contribution is -0.118. The fraction of sp³-hybridized carbons (Fsp3) is 0.222. The van der Waals surface area contributed by atoms with Gasteiger partial charge in [-0.15, -0.1) is 10.2 Å². The molecule has 2 aliphatic rings. The van der Waals surface area contributed by atoms with E-state index in [0.717, 1.165) is 23.4 Å². The van der Waals surface area contributed by atoms with Gasteiger partial charge in [-0.25, -0.2) is 0 Å². The topological polar surface area (TPSA) is 69.5 Å². The number of carbonyl (C=O) groups excluding carboxylic acids is 1.